The second-order valence-corrected chi connectivity index (χ2v) is 5.74. The monoisotopic (exact) mass is 280 g/mol. The van der Waals surface area contributed by atoms with Crippen molar-refractivity contribution in [1.82, 2.24) is 4.90 Å². The summed E-state index contributed by atoms with van der Waals surface area (Å²) in [7, 11) is 0. The summed E-state index contributed by atoms with van der Waals surface area (Å²) < 4.78 is 5.74. The van der Waals surface area contributed by atoms with Gasteiger partial charge in [0.25, 0.3) is 5.69 Å². The molecule has 1 fully saturated rings. The van der Waals surface area contributed by atoms with Gasteiger partial charge in [0.2, 0.25) is 0 Å². The molecule has 1 atom stereocenters. The minimum absolute atomic E-state index is 0.0448. The van der Waals surface area contributed by atoms with Crippen molar-refractivity contribution in [3.8, 4) is 0 Å². The molecule has 20 heavy (non-hydrogen) atoms. The van der Waals surface area contributed by atoms with Crippen LogP contribution in [0.5, 0.6) is 0 Å². The topological polar surface area (TPSA) is 75.8 Å². The number of rotatable bonds is 4. The first-order chi connectivity index (χ1) is 9.41. The van der Waals surface area contributed by atoms with E-state index in [2.05, 4.69) is 4.90 Å². The maximum Gasteiger partial charge on any atom is 0.273 e. The third-order valence-corrected chi connectivity index (χ3v) is 3.34. The molecular formula is C14H20N2O4. The highest BCUT2D eigenvalue weighted by atomic mass is 16.6. The Bertz CT molecular complexity index is 490. The zero-order chi connectivity index (χ0) is 14.8. The highest BCUT2D eigenvalue weighted by Crippen LogP contribution is 2.25. The lowest BCUT2D eigenvalue weighted by Gasteiger charge is -2.42. The number of nitro benzene ring substituents is 1. The van der Waals surface area contributed by atoms with Crippen LogP contribution in [0.25, 0.3) is 0 Å². The number of benzene rings is 1. The first kappa shape index (κ1) is 14.9. The number of nitro groups is 1. The summed E-state index contributed by atoms with van der Waals surface area (Å²) >= 11 is 0. The van der Waals surface area contributed by atoms with E-state index in [0.29, 0.717) is 25.2 Å². The van der Waals surface area contributed by atoms with Crippen LogP contribution in [0.1, 0.15) is 19.4 Å². The third-order valence-electron chi connectivity index (χ3n) is 3.34. The highest BCUT2D eigenvalue weighted by Gasteiger charge is 2.33. The normalized spacial score (nSPS) is 22.6. The highest BCUT2D eigenvalue weighted by molar-refractivity contribution is 5.39. The predicted octanol–water partition coefficient (Wildman–Crippen LogP) is 1.57. The van der Waals surface area contributed by atoms with Gasteiger partial charge in [0, 0.05) is 31.3 Å². The number of aliphatic hydroxyl groups is 1. The second kappa shape index (κ2) is 5.87. The number of para-hydroxylation sites is 1. The average Bonchev–Trinajstić information content (AvgIpc) is 2.37. The van der Waals surface area contributed by atoms with E-state index in [1.807, 2.05) is 13.8 Å². The Kier molecular flexibility index (Phi) is 4.37. The van der Waals surface area contributed by atoms with Crippen molar-refractivity contribution in [2.75, 3.05) is 19.7 Å². The van der Waals surface area contributed by atoms with Gasteiger partial charge in [-0.2, -0.15) is 0 Å². The first-order valence-corrected chi connectivity index (χ1v) is 6.64. The molecule has 1 N–H and O–H groups in total. The summed E-state index contributed by atoms with van der Waals surface area (Å²) in [5, 5.41) is 20.3. The molecule has 1 aliphatic heterocycles. The molecule has 0 amide bonds. The van der Waals surface area contributed by atoms with E-state index in [1.165, 1.54) is 6.07 Å². The fourth-order valence-electron chi connectivity index (χ4n) is 2.70. The Morgan fingerprint density at radius 1 is 1.50 bits per heavy atom. The summed E-state index contributed by atoms with van der Waals surface area (Å²) in [5.41, 5.74) is 0.458. The lowest BCUT2D eigenvalue weighted by Crippen LogP contribution is -2.53. The molecule has 0 aromatic heterocycles. The molecule has 1 aliphatic rings. The van der Waals surface area contributed by atoms with Gasteiger partial charge in [-0.25, -0.2) is 0 Å². The number of hydrogen-bond acceptors (Lipinski definition) is 5. The molecule has 0 radical (unpaired) electrons. The Labute approximate surface area is 118 Å². The zero-order valence-corrected chi connectivity index (χ0v) is 11.8. The number of nitrogens with zero attached hydrogens (tertiary/aromatic N) is 2. The minimum atomic E-state index is -0.366. The molecule has 0 bridgehead atoms. The number of hydrogen-bond donors (Lipinski definition) is 1. The summed E-state index contributed by atoms with van der Waals surface area (Å²) in [6.45, 7) is 5.61. The van der Waals surface area contributed by atoms with Crippen LogP contribution in [0, 0.1) is 10.1 Å². The van der Waals surface area contributed by atoms with Gasteiger partial charge in [-0.3, -0.25) is 15.0 Å². The van der Waals surface area contributed by atoms with Crippen molar-refractivity contribution < 1.29 is 14.8 Å². The molecule has 2 rings (SSSR count). The Balaban J connectivity index is 2.15. The molecule has 0 saturated carbocycles. The van der Waals surface area contributed by atoms with E-state index < -0.39 is 0 Å². The number of morpholine rings is 1. The summed E-state index contributed by atoms with van der Waals surface area (Å²) in [6, 6.07) is 6.76. The Morgan fingerprint density at radius 3 is 2.85 bits per heavy atom. The van der Waals surface area contributed by atoms with Crippen molar-refractivity contribution >= 4 is 5.69 Å². The standard InChI is InChI=1S/C14H20N2O4/c1-14(2)10-15(8-12(9-17)20-14)7-11-5-3-4-6-13(11)16(18)19/h3-6,12,17H,7-10H2,1-2H3. The molecule has 1 heterocycles. The Hall–Kier alpha value is -1.50. The summed E-state index contributed by atoms with van der Waals surface area (Å²) in [6.07, 6.45) is -0.249. The van der Waals surface area contributed by atoms with Crippen LogP contribution in [-0.4, -0.2) is 46.3 Å². The minimum Gasteiger partial charge on any atom is -0.394 e. The van der Waals surface area contributed by atoms with Crippen LogP contribution >= 0.6 is 0 Å². The van der Waals surface area contributed by atoms with Crippen molar-refractivity contribution in [2.45, 2.75) is 32.1 Å². The fourth-order valence-corrected chi connectivity index (χ4v) is 2.70. The maximum atomic E-state index is 11.0. The lowest BCUT2D eigenvalue weighted by atomic mass is 10.0. The molecule has 6 heteroatoms. The van der Waals surface area contributed by atoms with E-state index in [4.69, 9.17) is 4.74 Å². The lowest BCUT2D eigenvalue weighted by molar-refractivity contribution is -0.385. The summed E-state index contributed by atoms with van der Waals surface area (Å²) in [5.74, 6) is 0. The van der Waals surface area contributed by atoms with E-state index in [-0.39, 0.29) is 28.9 Å². The molecule has 1 unspecified atom stereocenters. The van der Waals surface area contributed by atoms with E-state index in [9.17, 15) is 15.2 Å². The van der Waals surface area contributed by atoms with Gasteiger partial charge in [-0.15, -0.1) is 0 Å². The SMILES string of the molecule is CC1(C)CN(Cc2ccccc2[N+](=O)[O-])CC(CO)O1. The van der Waals surface area contributed by atoms with Crippen molar-refractivity contribution in [1.29, 1.82) is 0 Å². The molecule has 0 spiro atoms. The number of ether oxygens (including phenoxy) is 1. The van der Waals surface area contributed by atoms with Gasteiger partial charge in [0.1, 0.15) is 0 Å². The van der Waals surface area contributed by atoms with Gasteiger partial charge >= 0.3 is 0 Å². The first-order valence-electron chi connectivity index (χ1n) is 6.64. The molecule has 1 aromatic carbocycles. The van der Waals surface area contributed by atoms with Gasteiger partial charge in [-0.05, 0) is 13.8 Å². The van der Waals surface area contributed by atoms with Crippen LogP contribution in [0.4, 0.5) is 5.69 Å². The van der Waals surface area contributed by atoms with Crippen LogP contribution in [-0.2, 0) is 11.3 Å². The van der Waals surface area contributed by atoms with Crippen LogP contribution < -0.4 is 0 Å². The predicted molar refractivity (Wildman–Crippen MR) is 74.4 cm³/mol. The second-order valence-electron chi connectivity index (χ2n) is 5.74. The van der Waals surface area contributed by atoms with Crippen LogP contribution in [0.3, 0.4) is 0 Å². The molecule has 1 aromatic rings. The third kappa shape index (κ3) is 3.53. The van der Waals surface area contributed by atoms with E-state index in [0.717, 1.165) is 0 Å². The zero-order valence-electron chi connectivity index (χ0n) is 11.8. The van der Waals surface area contributed by atoms with Gasteiger partial charge in [0.15, 0.2) is 0 Å². The summed E-state index contributed by atoms with van der Waals surface area (Å²) in [4.78, 5) is 12.8. The van der Waals surface area contributed by atoms with Crippen LogP contribution in [0.15, 0.2) is 24.3 Å². The van der Waals surface area contributed by atoms with Gasteiger partial charge in [-0.1, -0.05) is 18.2 Å². The molecule has 110 valence electrons. The van der Waals surface area contributed by atoms with Gasteiger partial charge in [0.05, 0.1) is 23.2 Å². The quantitative estimate of drug-likeness (QED) is 0.669. The van der Waals surface area contributed by atoms with E-state index in [1.54, 1.807) is 18.2 Å². The van der Waals surface area contributed by atoms with Gasteiger partial charge < -0.3 is 9.84 Å². The molecule has 0 aliphatic carbocycles. The van der Waals surface area contributed by atoms with Crippen molar-refractivity contribution in [2.24, 2.45) is 0 Å². The fraction of sp³-hybridized carbons (Fsp3) is 0.571. The van der Waals surface area contributed by atoms with Crippen molar-refractivity contribution in [3.05, 3.63) is 39.9 Å². The molecular weight excluding hydrogens is 260 g/mol. The molecule has 6 nitrogen and oxygen atoms in total. The van der Waals surface area contributed by atoms with E-state index >= 15 is 0 Å². The molecule has 1 saturated heterocycles. The number of aliphatic hydroxyl groups excluding tert-OH is 1. The van der Waals surface area contributed by atoms with Crippen LogP contribution in [0.2, 0.25) is 0 Å². The Morgan fingerprint density at radius 2 is 2.20 bits per heavy atom. The largest absolute Gasteiger partial charge is 0.394 e. The maximum absolute atomic E-state index is 11.0. The average molecular weight is 280 g/mol. The smallest absolute Gasteiger partial charge is 0.273 e. The van der Waals surface area contributed by atoms with Crippen molar-refractivity contribution in [3.63, 3.8) is 0 Å².